The van der Waals surface area contributed by atoms with E-state index in [0.717, 1.165) is 11.3 Å². The van der Waals surface area contributed by atoms with Gasteiger partial charge in [-0.3, -0.25) is 0 Å². The molecule has 0 fully saturated rings. The van der Waals surface area contributed by atoms with E-state index in [1.54, 1.807) is 30.3 Å². The zero-order chi connectivity index (χ0) is 18.0. The minimum Gasteiger partial charge on any atom is -0.462 e. The Morgan fingerprint density at radius 2 is 2.04 bits per heavy atom. The van der Waals surface area contributed by atoms with Gasteiger partial charge in [0.25, 0.3) is 0 Å². The second-order valence-corrected chi connectivity index (χ2v) is 8.80. The van der Waals surface area contributed by atoms with Gasteiger partial charge in [-0.25, -0.2) is 9.55 Å². The lowest BCUT2D eigenvalue weighted by Crippen LogP contribution is -2.10. The summed E-state index contributed by atoms with van der Waals surface area (Å²) in [5.74, 6) is 0.921. The van der Waals surface area contributed by atoms with Crippen molar-refractivity contribution < 1.29 is 18.4 Å². The van der Waals surface area contributed by atoms with Crippen LogP contribution in [0.15, 0.2) is 47.1 Å². The number of aromatic nitrogens is 1. The Hall–Kier alpha value is -2.08. The van der Waals surface area contributed by atoms with Crippen LogP contribution in [0.1, 0.15) is 18.7 Å². The SMILES string of the molecule is CC(C)Cc1sc(N)nc1-c1occc1P(=O)(O)Oc1ccccc1. The molecular formula is C17H19N2O4PS. The molecule has 0 saturated heterocycles. The van der Waals surface area contributed by atoms with Crippen molar-refractivity contribution in [2.45, 2.75) is 20.3 Å². The number of thiazole rings is 1. The van der Waals surface area contributed by atoms with E-state index < -0.39 is 7.60 Å². The maximum absolute atomic E-state index is 12.8. The van der Waals surface area contributed by atoms with Crippen LogP contribution in [0, 0.1) is 5.92 Å². The molecule has 1 unspecified atom stereocenters. The molecule has 2 heterocycles. The van der Waals surface area contributed by atoms with E-state index >= 15 is 0 Å². The van der Waals surface area contributed by atoms with Crippen LogP contribution >= 0.6 is 18.9 Å². The predicted molar refractivity (Wildman–Crippen MR) is 99.3 cm³/mol. The Balaban J connectivity index is 2.00. The van der Waals surface area contributed by atoms with Crippen molar-refractivity contribution in [3.05, 3.63) is 47.5 Å². The maximum Gasteiger partial charge on any atom is 0.412 e. The lowest BCUT2D eigenvalue weighted by atomic mass is 10.1. The highest BCUT2D eigenvalue weighted by Gasteiger charge is 2.33. The Morgan fingerprint density at radius 1 is 1.32 bits per heavy atom. The van der Waals surface area contributed by atoms with Crippen LogP contribution in [0.5, 0.6) is 5.75 Å². The Labute approximate surface area is 149 Å². The maximum atomic E-state index is 12.8. The van der Waals surface area contributed by atoms with E-state index in [2.05, 4.69) is 18.8 Å². The van der Waals surface area contributed by atoms with Gasteiger partial charge in [0, 0.05) is 4.88 Å². The molecule has 0 saturated carbocycles. The number of furan rings is 1. The van der Waals surface area contributed by atoms with Gasteiger partial charge in [0.05, 0.1) is 6.26 Å². The largest absolute Gasteiger partial charge is 0.462 e. The quantitative estimate of drug-likeness (QED) is 0.627. The van der Waals surface area contributed by atoms with Crippen LogP contribution in [-0.2, 0) is 11.0 Å². The molecule has 0 aliphatic carbocycles. The fraction of sp³-hybridized carbons (Fsp3) is 0.235. The minimum absolute atomic E-state index is 0.0756. The van der Waals surface area contributed by atoms with Crippen molar-refractivity contribution in [2.24, 2.45) is 5.92 Å². The number of nitrogens with two attached hydrogens (primary N) is 1. The lowest BCUT2D eigenvalue weighted by Gasteiger charge is -2.13. The third-order valence-corrected chi connectivity index (χ3v) is 5.77. The van der Waals surface area contributed by atoms with Crippen molar-refractivity contribution in [2.75, 3.05) is 5.73 Å². The average molecular weight is 378 g/mol. The molecular weight excluding hydrogens is 359 g/mol. The Bertz CT molecular complexity index is 905. The molecule has 0 amide bonds. The highest BCUT2D eigenvalue weighted by atomic mass is 32.1. The van der Waals surface area contributed by atoms with Crippen LogP contribution in [0.4, 0.5) is 5.13 Å². The van der Waals surface area contributed by atoms with E-state index in [1.807, 2.05) is 0 Å². The van der Waals surface area contributed by atoms with Crippen molar-refractivity contribution in [1.82, 2.24) is 4.98 Å². The second kappa shape index (κ2) is 7.04. The summed E-state index contributed by atoms with van der Waals surface area (Å²) in [7, 11) is -4.14. The number of hydrogen-bond acceptors (Lipinski definition) is 6. The van der Waals surface area contributed by atoms with Crippen LogP contribution in [0.3, 0.4) is 0 Å². The molecule has 0 radical (unpaired) electrons. The van der Waals surface area contributed by atoms with Gasteiger partial charge in [-0.1, -0.05) is 32.0 Å². The van der Waals surface area contributed by atoms with E-state index in [1.165, 1.54) is 23.7 Å². The topological polar surface area (TPSA) is 98.6 Å². The molecule has 3 rings (SSSR count). The van der Waals surface area contributed by atoms with Gasteiger partial charge in [-0.15, -0.1) is 11.3 Å². The first-order valence-corrected chi connectivity index (χ1v) is 10.2. The summed E-state index contributed by atoms with van der Waals surface area (Å²) in [5, 5.41) is 0.469. The van der Waals surface area contributed by atoms with Gasteiger partial charge >= 0.3 is 7.60 Å². The summed E-state index contributed by atoms with van der Waals surface area (Å²) in [6.45, 7) is 4.16. The van der Waals surface area contributed by atoms with Crippen molar-refractivity contribution in [3.63, 3.8) is 0 Å². The number of para-hydroxylation sites is 1. The number of anilines is 1. The Morgan fingerprint density at radius 3 is 2.72 bits per heavy atom. The first-order chi connectivity index (χ1) is 11.9. The fourth-order valence-electron chi connectivity index (χ4n) is 2.43. The van der Waals surface area contributed by atoms with Gasteiger partial charge in [-0.05, 0) is 30.5 Å². The number of nitrogen functional groups attached to an aromatic ring is 1. The molecule has 8 heteroatoms. The normalized spacial score (nSPS) is 13.8. The van der Waals surface area contributed by atoms with E-state index in [-0.39, 0.29) is 11.1 Å². The van der Waals surface area contributed by atoms with Gasteiger partial charge < -0.3 is 19.6 Å². The standard InChI is InChI=1S/C17H19N2O4PS/c1-11(2)10-14-15(19-17(18)25-14)16-13(8-9-22-16)24(20,21)23-12-6-4-3-5-7-12/h3-9,11H,10H2,1-2H3,(H2,18,19)(H,20,21). The summed E-state index contributed by atoms with van der Waals surface area (Å²) < 4.78 is 23.6. The smallest absolute Gasteiger partial charge is 0.412 e. The molecule has 1 aromatic carbocycles. The number of benzene rings is 1. The zero-order valence-corrected chi connectivity index (χ0v) is 15.6. The first-order valence-electron chi connectivity index (χ1n) is 7.78. The lowest BCUT2D eigenvalue weighted by molar-refractivity contribution is 0.393. The third-order valence-electron chi connectivity index (χ3n) is 3.44. The molecule has 0 aliphatic rings. The molecule has 1 atom stereocenters. The summed E-state index contributed by atoms with van der Waals surface area (Å²) in [5.41, 5.74) is 6.35. The van der Waals surface area contributed by atoms with Gasteiger partial charge in [-0.2, -0.15) is 0 Å². The van der Waals surface area contributed by atoms with Crippen molar-refractivity contribution in [3.8, 4) is 17.2 Å². The van der Waals surface area contributed by atoms with E-state index in [9.17, 15) is 9.46 Å². The highest BCUT2D eigenvalue weighted by Crippen LogP contribution is 2.45. The summed E-state index contributed by atoms with van der Waals surface area (Å²) >= 11 is 1.36. The Kier molecular flexibility index (Phi) is 4.99. The predicted octanol–water partition coefficient (Wildman–Crippen LogP) is 4.07. The fourth-order valence-corrected chi connectivity index (χ4v) is 4.64. The molecule has 3 aromatic rings. The molecule has 3 N–H and O–H groups in total. The molecule has 2 aromatic heterocycles. The highest BCUT2D eigenvalue weighted by molar-refractivity contribution is 7.62. The number of hydrogen-bond donors (Lipinski definition) is 2. The molecule has 0 aliphatic heterocycles. The number of nitrogens with zero attached hydrogens (tertiary/aromatic N) is 1. The molecule has 25 heavy (non-hydrogen) atoms. The van der Waals surface area contributed by atoms with E-state index in [4.69, 9.17) is 14.7 Å². The molecule has 0 bridgehead atoms. The summed E-state index contributed by atoms with van der Waals surface area (Å²) in [4.78, 5) is 15.7. The van der Waals surface area contributed by atoms with Crippen molar-refractivity contribution in [1.29, 1.82) is 0 Å². The zero-order valence-electron chi connectivity index (χ0n) is 13.9. The third kappa shape index (κ3) is 3.95. The van der Waals surface area contributed by atoms with Gasteiger partial charge in [0.1, 0.15) is 16.7 Å². The van der Waals surface area contributed by atoms with Crippen LogP contribution < -0.4 is 15.6 Å². The minimum atomic E-state index is -4.14. The van der Waals surface area contributed by atoms with Crippen molar-refractivity contribution >= 4 is 29.4 Å². The van der Waals surface area contributed by atoms with Crippen LogP contribution in [-0.4, -0.2) is 9.88 Å². The first kappa shape index (κ1) is 17.7. The summed E-state index contributed by atoms with van der Waals surface area (Å²) in [6, 6.07) is 9.94. The second-order valence-electron chi connectivity index (χ2n) is 5.98. The number of rotatable bonds is 6. The van der Waals surface area contributed by atoms with Gasteiger partial charge in [0.15, 0.2) is 10.9 Å². The van der Waals surface area contributed by atoms with Gasteiger partial charge in [0.2, 0.25) is 0 Å². The van der Waals surface area contributed by atoms with Crippen LogP contribution in [0.25, 0.3) is 11.5 Å². The van der Waals surface area contributed by atoms with Crippen LogP contribution in [0.2, 0.25) is 0 Å². The average Bonchev–Trinajstić information content (AvgIpc) is 3.14. The summed E-state index contributed by atoms with van der Waals surface area (Å²) in [6.07, 6.45) is 2.11. The monoisotopic (exact) mass is 378 g/mol. The molecule has 0 spiro atoms. The van der Waals surface area contributed by atoms with E-state index in [0.29, 0.717) is 22.5 Å². The molecule has 6 nitrogen and oxygen atoms in total. The molecule has 132 valence electrons.